The summed E-state index contributed by atoms with van der Waals surface area (Å²) in [7, 11) is 1.71. The van der Waals surface area contributed by atoms with Gasteiger partial charge in [-0.05, 0) is 65.9 Å². The molecule has 0 amide bonds. The second-order valence-electron chi connectivity index (χ2n) is 5.62. The number of hydrogen-bond acceptors (Lipinski definition) is 3. The number of hydrogen-bond donors (Lipinski definition) is 1. The Morgan fingerprint density at radius 2 is 1.90 bits per heavy atom. The Morgan fingerprint density at radius 1 is 1.19 bits per heavy atom. The Labute approximate surface area is 136 Å². The topological polar surface area (TPSA) is 30.5 Å². The lowest BCUT2D eigenvalue weighted by Crippen LogP contribution is -2.16. The van der Waals surface area contributed by atoms with E-state index in [2.05, 4.69) is 40.3 Å². The van der Waals surface area contributed by atoms with Gasteiger partial charge in [-0.3, -0.25) is 0 Å². The summed E-state index contributed by atoms with van der Waals surface area (Å²) in [4.78, 5) is 0. The number of ether oxygens (including phenoxy) is 2. The average molecular weight is 356 g/mol. The zero-order chi connectivity index (χ0) is 15.1. The Balaban J connectivity index is 2.13. The van der Waals surface area contributed by atoms with E-state index in [1.54, 1.807) is 7.11 Å². The lowest BCUT2D eigenvalue weighted by Gasteiger charge is -2.21. The van der Waals surface area contributed by atoms with Crippen LogP contribution in [0.5, 0.6) is 11.5 Å². The van der Waals surface area contributed by atoms with E-state index < -0.39 is 0 Å². The van der Waals surface area contributed by atoms with Crippen molar-refractivity contribution >= 4 is 15.9 Å². The molecule has 1 saturated carbocycles. The maximum Gasteiger partial charge on any atom is 0.175 e. The molecule has 1 aliphatic rings. The molecule has 2 rings (SSSR count). The molecule has 1 aromatic rings. The van der Waals surface area contributed by atoms with Gasteiger partial charge in [0.05, 0.1) is 17.7 Å². The van der Waals surface area contributed by atoms with Crippen molar-refractivity contribution in [2.24, 2.45) is 0 Å². The van der Waals surface area contributed by atoms with Gasteiger partial charge in [0.1, 0.15) is 0 Å². The molecule has 4 heteroatoms. The maximum atomic E-state index is 6.26. The molecule has 0 atom stereocenters. The zero-order valence-corrected chi connectivity index (χ0v) is 14.7. The molecule has 0 heterocycles. The first-order valence-electron chi connectivity index (χ1n) is 7.98. The molecule has 0 saturated heterocycles. The summed E-state index contributed by atoms with van der Waals surface area (Å²) >= 11 is 3.64. The average Bonchev–Trinajstić information content (AvgIpc) is 2.76. The molecule has 3 nitrogen and oxygen atoms in total. The van der Waals surface area contributed by atoms with Crippen LogP contribution in [0.25, 0.3) is 0 Å². The van der Waals surface area contributed by atoms with Crippen molar-refractivity contribution in [3.05, 3.63) is 22.2 Å². The van der Waals surface area contributed by atoms with Crippen LogP contribution in [0.4, 0.5) is 0 Å². The molecular formula is C17H26BrNO2. The zero-order valence-electron chi connectivity index (χ0n) is 13.1. The van der Waals surface area contributed by atoms with Crippen molar-refractivity contribution in [3.63, 3.8) is 0 Å². The van der Waals surface area contributed by atoms with E-state index in [4.69, 9.17) is 9.47 Å². The van der Waals surface area contributed by atoms with E-state index in [0.717, 1.165) is 41.9 Å². The number of methoxy groups -OCH3 is 1. The highest BCUT2D eigenvalue weighted by Gasteiger charge is 2.18. The first-order valence-corrected chi connectivity index (χ1v) is 8.77. The normalized spacial score (nSPS) is 16.5. The van der Waals surface area contributed by atoms with E-state index >= 15 is 0 Å². The molecule has 0 unspecified atom stereocenters. The van der Waals surface area contributed by atoms with Crippen LogP contribution >= 0.6 is 15.9 Å². The van der Waals surface area contributed by atoms with Gasteiger partial charge in [-0.15, -0.1) is 0 Å². The highest BCUT2D eigenvalue weighted by atomic mass is 79.9. The summed E-state index contributed by atoms with van der Waals surface area (Å²) in [6.45, 7) is 3.91. The highest BCUT2D eigenvalue weighted by molar-refractivity contribution is 9.10. The Morgan fingerprint density at radius 3 is 2.52 bits per heavy atom. The van der Waals surface area contributed by atoms with Gasteiger partial charge in [0, 0.05) is 6.54 Å². The van der Waals surface area contributed by atoms with Crippen LogP contribution in [0, 0.1) is 0 Å². The fourth-order valence-corrected chi connectivity index (χ4v) is 3.37. The Kier molecular flexibility index (Phi) is 6.84. The lowest BCUT2D eigenvalue weighted by atomic mass is 10.1. The van der Waals surface area contributed by atoms with Crippen molar-refractivity contribution < 1.29 is 9.47 Å². The predicted molar refractivity (Wildman–Crippen MR) is 90.2 cm³/mol. The number of benzene rings is 1. The van der Waals surface area contributed by atoms with Crippen LogP contribution in [0.2, 0.25) is 0 Å². The van der Waals surface area contributed by atoms with E-state index in [1.165, 1.54) is 31.2 Å². The second kappa shape index (κ2) is 8.64. The largest absolute Gasteiger partial charge is 0.493 e. The predicted octanol–water partition coefficient (Wildman–Crippen LogP) is 4.67. The molecule has 1 fully saturated rings. The number of nitrogens with one attached hydrogen (secondary N) is 1. The third-order valence-corrected chi connectivity index (χ3v) is 4.54. The second-order valence-corrected chi connectivity index (χ2v) is 6.48. The van der Waals surface area contributed by atoms with E-state index in [9.17, 15) is 0 Å². The monoisotopic (exact) mass is 355 g/mol. The van der Waals surface area contributed by atoms with Gasteiger partial charge < -0.3 is 14.8 Å². The van der Waals surface area contributed by atoms with Crippen LogP contribution in [0.3, 0.4) is 0 Å². The van der Waals surface area contributed by atoms with Crippen LogP contribution in [0.15, 0.2) is 16.6 Å². The first kappa shape index (κ1) is 16.6. The highest BCUT2D eigenvalue weighted by Crippen LogP contribution is 2.38. The van der Waals surface area contributed by atoms with Crippen LogP contribution in [0.1, 0.15) is 51.0 Å². The Bertz CT molecular complexity index is 443. The van der Waals surface area contributed by atoms with Gasteiger partial charge in [-0.25, -0.2) is 0 Å². The molecule has 1 aromatic carbocycles. The third kappa shape index (κ3) is 4.89. The summed E-state index contributed by atoms with van der Waals surface area (Å²) in [5.74, 6) is 1.67. The van der Waals surface area contributed by atoms with E-state index in [1.807, 2.05) is 0 Å². The lowest BCUT2D eigenvalue weighted by molar-refractivity contribution is 0.175. The minimum atomic E-state index is 0.317. The van der Waals surface area contributed by atoms with E-state index in [0.29, 0.717) is 6.10 Å². The first-order chi connectivity index (χ1) is 10.2. The molecule has 118 valence electrons. The van der Waals surface area contributed by atoms with Crippen molar-refractivity contribution in [2.75, 3.05) is 13.7 Å². The smallest absolute Gasteiger partial charge is 0.175 e. The van der Waals surface area contributed by atoms with Gasteiger partial charge in [-0.1, -0.05) is 19.8 Å². The van der Waals surface area contributed by atoms with Gasteiger partial charge in [-0.2, -0.15) is 0 Å². The summed E-state index contributed by atoms with van der Waals surface area (Å²) in [5, 5.41) is 3.33. The molecule has 1 N–H and O–H groups in total. The van der Waals surface area contributed by atoms with Crippen LogP contribution in [-0.4, -0.2) is 19.8 Å². The summed E-state index contributed by atoms with van der Waals surface area (Å²) < 4.78 is 12.8. The van der Waals surface area contributed by atoms with Crippen molar-refractivity contribution in [1.82, 2.24) is 5.32 Å². The summed E-state index contributed by atoms with van der Waals surface area (Å²) in [5.41, 5.74) is 1.20. The number of halogens is 1. The fourth-order valence-electron chi connectivity index (χ4n) is 2.79. The molecule has 0 spiro atoms. The maximum absolute atomic E-state index is 6.26. The Hall–Kier alpha value is -0.740. The number of rotatable bonds is 6. The molecule has 0 aromatic heterocycles. The molecule has 21 heavy (non-hydrogen) atoms. The van der Waals surface area contributed by atoms with Crippen LogP contribution in [-0.2, 0) is 6.54 Å². The van der Waals surface area contributed by atoms with Crippen molar-refractivity contribution in [3.8, 4) is 11.5 Å². The minimum absolute atomic E-state index is 0.317. The molecule has 0 aliphatic heterocycles. The SMILES string of the molecule is CCNCc1cc(Br)c(OC2CCCCCC2)c(OC)c1. The van der Waals surface area contributed by atoms with Crippen molar-refractivity contribution in [2.45, 2.75) is 58.1 Å². The van der Waals surface area contributed by atoms with Gasteiger partial charge in [0.25, 0.3) is 0 Å². The van der Waals surface area contributed by atoms with Gasteiger partial charge in [0.15, 0.2) is 11.5 Å². The fraction of sp³-hybridized carbons (Fsp3) is 0.647. The summed E-state index contributed by atoms with van der Waals surface area (Å²) in [6, 6.07) is 4.19. The van der Waals surface area contributed by atoms with Crippen molar-refractivity contribution in [1.29, 1.82) is 0 Å². The molecular weight excluding hydrogens is 330 g/mol. The third-order valence-electron chi connectivity index (χ3n) is 3.96. The van der Waals surface area contributed by atoms with Gasteiger partial charge >= 0.3 is 0 Å². The molecule has 0 radical (unpaired) electrons. The molecule has 0 bridgehead atoms. The van der Waals surface area contributed by atoms with Gasteiger partial charge in [0.2, 0.25) is 0 Å². The summed E-state index contributed by atoms with van der Waals surface area (Å²) in [6.07, 6.45) is 7.81. The van der Waals surface area contributed by atoms with Crippen LogP contribution < -0.4 is 14.8 Å². The standard InChI is InChI=1S/C17H26BrNO2/c1-3-19-12-13-10-15(18)17(16(11-13)20-2)21-14-8-6-4-5-7-9-14/h10-11,14,19H,3-9,12H2,1-2H3. The molecule has 1 aliphatic carbocycles. The van der Waals surface area contributed by atoms with E-state index in [-0.39, 0.29) is 0 Å². The quantitative estimate of drug-likeness (QED) is 0.752. The minimum Gasteiger partial charge on any atom is -0.493 e.